The van der Waals surface area contributed by atoms with E-state index in [4.69, 9.17) is 16.3 Å². The minimum atomic E-state index is 0.458. The largest absolute Gasteiger partial charge is 0.487 e. The van der Waals surface area contributed by atoms with Crippen molar-refractivity contribution in [1.29, 1.82) is 0 Å². The molecule has 0 aliphatic rings. The number of ether oxygens (including phenoxy) is 1. The molecule has 0 amide bonds. The lowest BCUT2D eigenvalue weighted by Crippen LogP contribution is -1.99. The monoisotopic (exact) mass is 247 g/mol. The predicted octanol–water partition coefficient (Wildman–Crippen LogP) is 3.71. The number of hydrogen-bond donors (Lipinski definition) is 0. The van der Waals surface area contributed by atoms with Crippen LogP contribution in [0.5, 0.6) is 5.75 Å². The van der Waals surface area contributed by atoms with Crippen LogP contribution in [0.4, 0.5) is 0 Å². The van der Waals surface area contributed by atoms with Crippen LogP contribution in [0.2, 0.25) is 0 Å². The molecule has 88 valence electrons. The molecular formula is C14H14ClNO. The first-order chi connectivity index (χ1) is 8.29. The standard InChI is InChI=1S/C14H14ClNO/c1-11-5-6-14(12(8-11)9-15)17-10-13-4-2-3-7-16-13/h2-8H,9-10H2,1H3. The van der Waals surface area contributed by atoms with E-state index in [0.717, 1.165) is 17.0 Å². The summed E-state index contributed by atoms with van der Waals surface area (Å²) in [7, 11) is 0. The average molecular weight is 248 g/mol. The first-order valence-corrected chi connectivity index (χ1v) is 6.01. The Morgan fingerprint density at radius 1 is 1.24 bits per heavy atom. The lowest BCUT2D eigenvalue weighted by atomic mass is 10.1. The molecule has 0 spiro atoms. The highest BCUT2D eigenvalue weighted by Gasteiger charge is 2.03. The van der Waals surface area contributed by atoms with Crippen LogP contribution in [0.15, 0.2) is 42.6 Å². The van der Waals surface area contributed by atoms with Gasteiger partial charge in [0.05, 0.1) is 11.6 Å². The molecule has 0 atom stereocenters. The molecule has 2 nitrogen and oxygen atoms in total. The van der Waals surface area contributed by atoms with Gasteiger partial charge in [-0.1, -0.05) is 23.8 Å². The minimum absolute atomic E-state index is 0.458. The number of aromatic nitrogens is 1. The minimum Gasteiger partial charge on any atom is -0.487 e. The summed E-state index contributed by atoms with van der Waals surface area (Å²) in [6, 6.07) is 11.8. The van der Waals surface area contributed by atoms with Crippen molar-refractivity contribution < 1.29 is 4.74 Å². The van der Waals surface area contributed by atoms with Crippen molar-refractivity contribution in [2.75, 3.05) is 0 Å². The van der Waals surface area contributed by atoms with E-state index in [1.54, 1.807) is 6.20 Å². The Morgan fingerprint density at radius 3 is 2.82 bits per heavy atom. The Bertz CT molecular complexity index is 485. The van der Waals surface area contributed by atoms with Gasteiger partial charge in [-0.05, 0) is 25.1 Å². The van der Waals surface area contributed by atoms with Gasteiger partial charge in [0.15, 0.2) is 0 Å². The molecule has 0 radical (unpaired) electrons. The Kier molecular flexibility index (Phi) is 3.99. The lowest BCUT2D eigenvalue weighted by Gasteiger charge is -2.10. The van der Waals surface area contributed by atoms with Crippen LogP contribution in [0.25, 0.3) is 0 Å². The van der Waals surface area contributed by atoms with E-state index in [2.05, 4.69) is 4.98 Å². The molecule has 1 aromatic carbocycles. The summed E-state index contributed by atoms with van der Waals surface area (Å²) in [5.74, 6) is 1.29. The quantitative estimate of drug-likeness (QED) is 0.769. The maximum Gasteiger partial charge on any atom is 0.130 e. The highest BCUT2D eigenvalue weighted by Crippen LogP contribution is 2.22. The van der Waals surface area contributed by atoms with E-state index in [1.807, 2.05) is 43.3 Å². The number of pyridine rings is 1. The molecule has 1 aromatic heterocycles. The average Bonchev–Trinajstić information content (AvgIpc) is 2.38. The second-order valence-corrected chi connectivity index (χ2v) is 4.12. The van der Waals surface area contributed by atoms with Crippen LogP contribution in [0.1, 0.15) is 16.8 Å². The molecule has 0 fully saturated rings. The summed E-state index contributed by atoms with van der Waals surface area (Å²) < 4.78 is 5.72. The van der Waals surface area contributed by atoms with E-state index in [-0.39, 0.29) is 0 Å². The van der Waals surface area contributed by atoms with Crippen molar-refractivity contribution in [2.45, 2.75) is 19.4 Å². The zero-order valence-electron chi connectivity index (χ0n) is 9.69. The fraction of sp³-hybridized carbons (Fsp3) is 0.214. The van der Waals surface area contributed by atoms with Gasteiger partial charge >= 0.3 is 0 Å². The molecule has 0 saturated heterocycles. The van der Waals surface area contributed by atoms with Gasteiger partial charge in [-0.2, -0.15) is 0 Å². The highest BCUT2D eigenvalue weighted by molar-refractivity contribution is 6.17. The van der Waals surface area contributed by atoms with E-state index >= 15 is 0 Å². The Hall–Kier alpha value is -1.54. The summed E-state index contributed by atoms with van der Waals surface area (Å²) >= 11 is 5.89. The molecule has 3 heteroatoms. The molecule has 17 heavy (non-hydrogen) atoms. The molecule has 0 N–H and O–H groups in total. The number of halogens is 1. The summed E-state index contributed by atoms with van der Waals surface area (Å²) in [6.45, 7) is 2.51. The van der Waals surface area contributed by atoms with Gasteiger partial charge in [0, 0.05) is 11.8 Å². The van der Waals surface area contributed by atoms with Crippen LogP contribution in [-0.4, -0.2) is 4.98 Å². The van der Waals surface area contributed by atoms with E-state index in [9.17, 15) is 0 Å². The van der Waals surface area contributed by atoms with Crippen molar-refractivity contribution >= 4 is 11.6 Å². The zero-order chi connectivity index (χ0) is 12.1. The van der Waals surface area contributed by atoms with Gasteiger partial charge in [0.1, 0.15) is 12.4 Å². The molecular weight excluding hydrogens is 234 g/mol. The third-order valence-electron chi connectivity index (χ3n) is 2.46. The van der Waals surface area contributed by atoms with Gasteiger partial charge in [-0.3, -0.25) is 4.98 Å². The van der Waals surface area contributed by atoms with Crippen molar-refractivity contribution in [1.82, 2.24) is 4.98 Å². The maximum atomic E-state index is 5.89. The van der Waals surface area contributed by atoms with Crippen LogP contribution in [-0.2, 0) is 12.5 Å². The topological polar surface area (TPSA) is 22.1 Å². The number of nitrogens with zero attached hydrogens (tertiary/aromatic N) is 1. The maximum absolute atomic E-state index is 5.89. The summed E-state index contributed by atoms with van der Waals surface area (Å²) in [6.07, 6.45) is 1.76. The van der Waals surface area contributed by atoms with Crippen LogP contribution in [0.3, 0.4) is 0 Å². The fourth-order valence-corrected chi connectivity index (χ4v) is 1.80. The molecule has 0 unspecified atom stereocenters. The van der Waals surface area contributed by atoms with Gasteiger partial charge < -0.3 is 4.74 Å². The second-order valence-electron chi connectivity index (χ2n) is 3.85. The SMILES string of the molecule is Cc1ccc(OCc2ccccn2)c(CCl)c1. The predicted molar refractivity (Wildman–Crippen MR) is 69.3 cm³/mol. The number of aryl methyl sites for hydroxylation is 1. The van der Waals surface area contributed by atoms with Gasteiger partial charge in [-0.15, -0.1) is 11.6 Å². The first-order valence-electron chi connectivity index (χ1n) is 5.48. The third kappa shape index (κ3) is 3.21. The molecule has 2 aromatic rings. The lowest BCUT2D eigenvalue weighted by molar-refractivity contribution is 0.299. The van der Waals surface area contributed by atoms with Gasteiger partial charge in [0.25, 0.3) is 0 Å². The van der Waals surface area contributed by atoms with Crippen molar-refractivity contribution in [3.63, 3.8) is 0 Å². The molecule has 2 rings (SSSR count). The van der Waals surface area contributed by atoms with Gasteiger partial charge in [-0.25, -0.2) is 0 Å². The molecule has 0 bridgehead atoms. The van der Waals surface area contributed by atoms with Crippen LogP contribution in [0, 0.1) is 6.92 Å². The van der Waals surface area contributed by atoms with Crippen LogP contribution < -0.4 is 4.74 Å². The number of rotatable bonds is 4. The van der Waals surface area contributed by atoms with Crippen molar-refractivity contribution in [3.8, 4) is 5.75 Å². The molecule has 1 heterocycles. The molecule has 0 saturated carbocycles. The summed E-state index contributed by atoms with van der Waals surface area (Å²) in [5.41, 5.74) is 3.11. The van der Waals surface area contributed by atoms with Crippen LogP contribution >= 0.6 is 11.6 Å². The Morgan fingerprint density at radius 2 is 2.12 bits per heavy atom. The summed E-state index contributed by atoms with van der Waals surface area (Å²) in [4.78, 5) is 4.21. The molecule has 0 aliphatic carbocycles. The van der Waals surface area contributed by atoms with E-state index < -0.39 is 0 Å². The fourth-order valence-electron chi connectivity index (χ4n) is 1.59. The van der Waals surface area contributed by atoms with Crippen molar-refractivity contribution in [3.05, 3.63) is 59.4 Å². The van der Waals surface area contributed by atoms with E-state index in [0.29, 0.717) is 12.5 Å². The highest BCUT2D eigenvalue weighted by atomic mass is 35.5. The van der Waals surface area contributed by atoms with Gasteiger partial charge in [0.2, 0.25) is 0 Å². The number of benzene rings is 1. The second kappa shape index (κ2) is 5.69. The first kappa shape index (κ1) is 11.9. The summed E-state index contributed by atoms with van der Waals surface area (Å²) in [5, 5.41) is 0. The van der Waals surface area contributed by atoms with Crippen molar-refractivity contribution in [2.24, 2.45) is 0 Å². The third-order valence-corrected chi connectivity index (χ3v) is 2.75. The normalized spacial score (nSPS) is 10.2. The number of hydrogen-bond acceptors (Lipinski definition) is 2. The smallest absolute Gasteiger partial charge is 0.130 e. The Labute approximate surface area is 106 Å². The zero-order valence-corrected chi connectivity index (χ0v) is 10.4. The number of alkyl halides is 1. The van der Waals surface area contributed by atoms with E-state index in [1.165, 1.54) is 5.56 Å². The molecule has 0 aliphatic heterocycles. The Balaban J connectivity index is 2.09.